The lowest BCUT2D eigenvalue weighted by atomic mass is 10.1. The number of fused-ring (bicyclic) bond motifs is 1. The molecule has 138 valence electrons. The summed E-state index contributed by atoms with van der Waals surface area (Å²) in [6.45, 7) is 1.67. The zero-order valence-corrected chi connectivity index (χ0v) is 14.9. The summed E-state index contributed by atoms with van der Waals surface area (Å²) in [6.07, 6.45) is 5.82. The number of hydrogen-bond acceptors (Lipinski definition) is 7. The fourth-order valence-corrected chi connectivity index (χ4v) is 4.53. The number of rotatable bonds is 4. The van der Waals surface area contributed by atoms with E-state index >= 15 is 0 Å². The van der Waals surface area contributed by atoms with Gasteiger partial charge in [0.05, 0.1) is 11.1 Å². The van der Waals surface area contributed by atoms with E-state index in [2.05, 4.69) is 9.97 Å². The van der Waals surface area contributed by atoms with Gasteiger partial charge >= 0.3 is 0 Å². The average molecular weight is 377 g/mol. The molecule has 1 aromatic carbocycles. The van der Waals surface area contributed by atoms with Gasteiger partial charge in [0.25, 0.3) is 0 Å². The first-order valence-electron chi connectivity index (χ1n) is 8.45. The van der Waals surface area contributed by atoms with Crippen LogP contribution in [-0.4, -0.2) is 55.1 Å². The van der Waals surface area contributed by atoms with Crippen LogP contribution in [0.1, 0.15) is 12.8 Å². The lowest BCUT2D eigenvalue weighted by molar-refractivity contribution is 0.129. The molecule has 1 fully saturated rings. The Bertz CT molecular complexity index is 867. The third-order valence-electron chi connectivity index (χ3n) is 4.38. The van der Waals surface area contributed by atoms with Crippen LogP contribution in [0, 0.1) is 0 Å². The van der Waals surface area contributed by atoms with Crippen LogP contribution in [0.2, 0.25) is 0 Å². The summed E-state index contributed by atoms with van der Waals surface area (Å²) in [7, 11) is -3.58. The molecule has 2 aliphatic rings. The Labute approximate surface area is 151 Å². The van der Waals surface area contributed by atoms with E-state index < -0.39 is 10.0 Å². The van der Waals surface area contributed by atoms with E-state index in [1.165, 1.54) is 10.4 Å². The fourth-order valence-electron chi connectivity index (χ4n) is 3.04. The maximum atomic E-state index is 12.9. The first-order valence-corrected chi connectivity index (χ1v) is 9.89. The molecule has 0 spiro atoms. The number of ether oxygens (including phenoxy) is 3. The van der Waals surface area contributed by atoms with Gasteiger partial charge in [0, 0.05) is 31.5 Å². The van der Waals surface area contributed by atoms with Crippen molar-refractivity contribution in [3.63, 3.8) is 0 Å². The second-order valence-corrected chi connectivity index (χ2v) is 8.01. The van der Waals surface area contributed by atoms with Crippen LogP contribution in [0.3, 0.4) is 0 Å². The van der Waals surface area contributed by atoms with Crippen LogP contribution in [0.15, 0.2) is 41.7 Å². The lowest BCUT2D eigenvalue weighted by Crippen LogP contribution is -2.41. The van der Waals surface area contributed by atoms with E-state index in [0.29, 0.717) is 56.5 Å². The average Bonchev–Trinajstić information content (AvgIpc) is 2.69. The molecule has 0 amide bonds. The number of piperidine rings is 1. The zero-order valence-electron chi connectivity index (χ0n) is 14.1. The van der Waals surface area contributed by atoms with Gasteiger partial charge in [0.15, 0.2) is 11.5 Å². The van der Waals surface area contributed by atoms with E-state index in [4.69, 9.17) is 14.2 Å². The highest BCUT2D eigenvalue weighted by Crippen LogP contribution is 2.33. The van der Waals surface area contributed by atoms with Gasteiger partial charge in [-0.3, -0.25) is 4.98 Å². The summed E-state index contributed by atoms with van der Waals surface area (Å²) < 4.78 is 44.0. The third-order valence-corrected chi connectivity index (χ3v) is 6.27. The second-order valence-electron chi connectivity index (χ2n) is 6.07. The van der Waals surface area contributed by atoms with Crippen LogP contribution < -0.4 is 14.2 Å². The van der Waals surface area contributed by atoms with Crippen LogP contribution in [0.5, 0.6) is 17.4 Å². The van der Waals surface area contributed by atoms with Crippen LogP contribution in [0.25, 0.3) is 0 Å². The molecule has 2 aromatic rings. The van der Waals surface area contributed by atoms with Gasteiger partial charge in [-0.15, -0.1) is 0 Å². The van der Waals surface area contributed by atoms with Crippen LogP contribution >= 0.6 is 0 Å². The molecule has 0 aliphatic carbocycles. The van der Waals surface area contributed by atoms with E-state index in [0.717, 1.165) is 0 Å². The third kappa shape index (κ3) is 3.45. The maximum Gasteiger partial charge on any atom is 0.243 e. The maximum absolute atomic E-state index is 12.9. The van der Waals surface area contributed by atoms with Crippen molar-refractivity contribution in [3.05, 3.63) is 36.8 Å². The molecule has 26 heavy (non-hydrogen) atoms. The highest BCUT2D eigenvalue weighted by molar-refractivity contribution is 7.89. The zero-order chi connectivity index (χ0) is 18.0. The molecular weight excluding hydrogens is 358 g/mol. The molecule has 0 saturated carbocycles. The first-order chi connectivity index (χ1) is 12.6. The summed E-state index contributed by atoms with van der Waals surface area (Å²) in [4.78, 5) is 8.27. The highest BCUT2D eigenvalue weighted by atomic mass is 32.2. The summed E-state index contributed by atoms with van der Waals surface area (Å²) in [5.41, 5.74) is 0. The Morgan fingerprint density at radius 2 is 1.85 bits per heavy atom. The van der Waals surface area contributed by atoms with Gasteiger partial charge in [-0.1, -0.05) is 0 Å². The largest absolute Gasteiger partial charge is 0.486 e. The Kier molecular flexibility index (Phi) is 4.64. The van der Waals surface area contributed by atoms with Crippen molar-refractivity contribution >= 4 is 10.0 Å². The van der Waals surface area contributed by atoms with Gasteiger partial charge in [-0.05, 0) is 25.0 Å². The number of hydrogen-bond donors (Lipinski definition) is 0. The summed E-state index contributed by atoms with van der Waals surface area (Å²) in [6, 6.07) is 4.74. The van der Waals surface area contributed by atoms with E-state index in [1.54, 1.807) is 30.7 Å². The normalized spacial score (nSPS) is 18.5. The second kappa shape index (κ2) is 7.08. The van der Waals surface area contributed by atoms with Crippen molar-refractivity contribution in [1.29, 1.82) is 0 Å². The summed E-state index contributed by atoms with van der Waals surface area (Å²) in [5.74, 6) is 1.50. The van der Waals surface area contributed by atoms with Crippen molar-refractivity contribution in [3.8, 4) is 17.4 Å². The Morgan fingerprint density at radius 3 is 2.58 bits per heavy atom. The molecule has 0 atom stereocenters. The Hall–Kier alpha value is -2.39. The predicted octanol–water partition coefficient (Wildman–Crippen LogP) is 1.48. The van der Waals surface area contributed by atoms with Crippen molar-refractivity contribution in [2.75, 3.05) is 26.3 Å². The minimum Gasteiger partial charge on any atom is -0.486 e. The SMILES string of the molecule is O=S(=O)(c1ccc2c(c1)OCCO2)N1CCC(Oc2cnccn2)CC1. The predicted molar refractivity (Wildman–Crippen MR) is 91.9 cm³/mol. The quantitative estimate of drug-likeness (QED) is 0.797. The summed E-state index contributed by atoms with van der Waals surface area (Å²) >= 11 is 0. The monoisotopic (exact) mass is 377 g/mol. The van der Waals surface area contributed by atoms with Crippen molar-refractivity contribution in [2.45, 2.75) is 23.8 Å². The van der Waals surface area contributed by atoms with Crippen molar-refractivity contribution < 1.29 is 22.6 Å². The van der Waals surface area contributed by atoms with Crippen molar-refractivity contribution in [2.24, 2.45) is 0 Å². The number of nitrogens with zero attached hydrogens (tertiary/aromatic N) is 3. The Balaban J connectivity index is 1.43. The lowest BCUT2D eigenvalue weighted by Gasteiger charge is -2.31. The molecule has 0 radical (unpaired) electrons. The minimum absolute atomic E-state index is 0.0709. The van der Waals surface area contributed by atoms with Crippen LogP contribution in [-0.2, 0) is 10.0 Å². The Morgan fingerprint density at radius 1 is 1.08 bits per heavy atom. The van der Waals surface area contributed by atoms with Gasteiger partial charge in [-0.25, -0.2) is 13.4 Å². The summed E-state index contributed by atoms with van der Waals surface area (Å²) in [5, 5.41) is 0. The highest BCUT2D eigenvalue weighted by Gasteiger charge is 2.31. The van der Waals surface area contributed by atoms with E-state index in [1.807, 2.05) is 0 Å². The van der Waals surface area contributed by atoms with Gasteiger partial charge in [0.2, 0.25) is 15.9 Å². The van der Waals surface area contributed by atoms with Gasteiger partial charge in [-0.2, -0.15) is 4.31 Å². The molecule has 4 rings (SSSR count). The number of benzene rings is 1. The molecule has 3 heterocycles. The molecule has 0 bridgehead atoms. The number of sulfonamides is 1. The molecule has 1 saturated heterocycles. The topological polar surface area (TPSA) is 90.9 Å². The minimum atomic E-state index is -3.58. The molecule has 9 heteroatoms. The molecule has 0 unspecified atom stereocenters. The first kappa shape index (κ1) is 17.0. The molecule has 1 aromatic heterocycles. The molecule has 8 nitrogen and oxygen atoms in total. The van der Waals surface area contributed by atoms with Crippen LogP contribution in [0.4, 0.5) is 0 Å². The van der Waals surface area contributed by atoms with Crippen molar-refractivity contribution in [1.82, 2.24) is 14.3 Å². The van der Waals surface area contributed by atoms with Gasteiger partial charge in [0.1, 0.15) is 19.3 Å². The fraction of sp³-hybridized carbons (Fsp3) is 0.412. The molecular formula is C17H19N3O5S. The van der Waals surface area contributed by atoms with Gasteiger partial charge < -0.3 is 14.2 Å². The number of aromatic nitrogens is 2. The van der Waals surface area contributed by atoms with E-state index in [9.17, 15) is 8.42 Å². The standard InChI is InChI=1S/C17H19N3O5S/c21-26(22,14-1-2-15-16(11-14)24-10-9-23-15)20-7-3-13(4-8-20)25-17-12-18-5-6-19-17/h1-2,5-6,11-13H,3-4,7-10H2. The molecule has 0 N–H and O–H groups in total. The smallest absolute Gasteiger partial charge is 0.243 e. The molecule has 2 aliphatic heterocycles. The van der Waals surface area contributed by atoms with E-state index in [-0.39, 0.29) is 11.0 Å².